The summed E-state index contributed by atoms with van der Waals surface area (Å²) >= 11 is 0. The van der Waals surface area contributed by atoms with E-state index in [0.717, 1.165) is 39.7 Å². The number of hydrogen-bond donors (Lipinski definition) is 0. The van der Waals surface area contributed by atoms with E-state index in [1.54, 1.807) is 0 Å². The monoisotopic (exact) mass is 681 g/mol. The highest BCUT2D eigenvalue weighted by atomic mass is 16.7. The van der Waals surface area contributed by atoms with E-state index in [-0.39, 0.29) is 12.2 Å². The maximum Gasteiger partial charge on any atom is 0.231 e. The fourth-order valence-corrected chi connectivity index (χ4v) is 9.06. The molecule has 9 aromatic rings. The lowest BCUT2D eigenvalue weighted by atomic mass is 9.81. The summed E-state index contributed by atoms with van der Waals surface area (Å²) in [5.41, 5.74) is 12.8. The van der Waals surface area contributed by atoms with Gasteiger partial charge in [0.2, 0.25) is 6.79 Å². The summed E-state index contributed by atoms with van der Waals surface area (Å²) in [4.78, 5) is 2.46. The maximum absolute atomic E-state index is 6.20. The van der Waals surface area contributed by atoms with Crippen LogP contribution in [0, 0.1) is 0 Å². The first-order valence-electron chi connectivity index (χ1n) is 18.3. The molecule has 0 unspecified atom stereocenters. The zero-order chi connectivity index (χ0) is 35.3. The molecule has 3 heteroatoms. The highest BCUT2D eigenvalue weighted by Gasteiger charge is 2.39. The van der Waals surface area contributed by atoms with Gasteiger partial charge in [-0.05, 0) is 102 Å². The van der Waals surface area contributed by atoms with Crippen molar-refractivity contribution in [3.63, 3.8) is 0 Å². The molecule has 2 aliphatic rings. The van der Waals surface area contributed by atoms with Crippen LogP contribution in [0.3, 0.4) is 0 Å². The summed E-state index contributed by atoms with van der Waals surface area (Å²) in [6, 6.07) is 59.9. The minimum absolute atomic E-state index is 0.221. The van der Waals surface area contributed by atoms with Gasteiger partial charge in [0.1, 0.15) is 0 Å². The van der Waals surface area contributed by atoms with Crippen LogP contribution in [0.5, 0.6) is 11.5 Å². The fraction of sp³-hybridized carbons (Fsp3) is 0.0800. The number of ether oxygens (including phenoxy) is 2. The van der Waals surface area contributed by atoms with Gasteiger partial charge in [-0.25, -0.2) is 0 Å². The zero-order valence-electron chi connectivity index (χ0n) is 29.6. The van der Waals surface area contributed by atoms with Crippen molar-refractivity contribution in [2.24, 2.45) is 0 Å². The Morgan fingerprint density at radius 3 is 2.00 bits per heavy atom. The number of anilines is 3. The first-order valence-corrected chi connectivity index (χ1v) is 18.3. The molecule has 252 valence electrons. The van der Waals surface area contributed by atoms with Crippen LogP contribution in [0.2, 0.25) is 0 Å². The normalized spacial score (nSPS) is 13.8. The lowest BCUT2D eigenvalue weighted by molar-refractivity contribution is 0.174. The van der Waals surface area contributed by atoms with Crippen LogP contribution >= 0.6 is 0 Å². The molecule has 0 spiro atoms. The van der Waals surface area contributed by atoms with E-state index in [1.165, 1.54) is 65.7 Å². The molecular formula is C50H35NO2. The van der Waals surface area contributed by atoms with Crippen molar-refractivity contribution >= 4 is 49.4 Å². The van der Waals surface area contributed by atoms with Gasteiger partial charge in [-0.3, -0.25) is 0 Å². The van der Waals surface area contributed by atoms with Gasteiger partial charge < -0.3 is 14.4 Å². The second-order valence-corrected chi connectivity index (χ2v) is 14.8. The van der Waals surface area contributed by atoms with Gasteiger partial charge in [-0.15, -0.1) is 0 Å². The van der Waals surface area contributed by atoms with Crippen molar-refractivity contribution in [2.45, 2.75) is 19.3 Å². The molecule has 0 amide bonds. The molecule has 0 fully saturated rings. The molecule has 0 aromatic heterocycles. The van der Waals surface area contributed by atoms with E-state index in [1.807, 2.05) is 6.07 Å². The highest BCUT2D eigenvalue weighted by Crippen LogP contribution is 2.57. The lowest BCUT2D eigenvalue weighted by Crippen LogP contribution is -2.17. The Morgan fingerprint density at radius 1 is 0.491 bits per heavy atom. The number of rotatable bonds is 5. The molecule has 0 bridgehead atoms. The molecule has 0 saturated heterocycles. The molecule has 11 rings (SSSR count). The SMILES string of the molecule is CC1(C)c2ccccc2-c2c(-c3cccc4c3OCO4)cc(N(c3ccc(-c4ccccc4)cc3)c3ccc4ccc5cccc6ccc3c4c56)cc21. The predicted octanol–water partition coefficient (Wildman–Crippen LogP) is 13.4. The lowest BCUT2D eigenvalue weighted by Gasteiger charge is -2.30. The van der Waals surface area contributed by atoms with Gasteiger partial charge in [-0.1, -0.05) is 141 Å². The van der Waals surface area contributed by atoms with Crippen molar-refractivity contribution in [3.8, 4) is 44.9 Å². The standard InChI is InChI=1S/C50H35NO2/c1-50(2)42-16-7-6-14-39(42)48-41(38-15-9-17-45-49(38)53-30-52-45)28-37(29-43(48)50)51(36-24-20-32(21-25-36)31-10-4-3-5-11-31)44-27-23-35-19-18-33-12-8-13-34-22-26-40(44)47(35)46(33)34/h3-29H,30H2,1-2H3. The summed E-state index contributed by atoms with van der Waals surface area (Å²) in [6.45, 7) is 4.93. The Balaban J connectivity index is 1.22. The first kappa shape index (κ1) is 30.1. The minimum Gasteiger partial charge on any atom is -0.454 e. The Labute approximate surface area is 308 Å². The van der Waals surface area contributed by atoms with Crippen LogP contribution in [0.25, 0.3) is 65.7 Å². The van der Waals surface area contributed by atoms with E-state index >= 15 is 0 Å². The van der Waals surface area contributed by atoms with Crippen molar-refractivity contribution in [1.29, 1.82) is 0 Å². The quantitative estimate of drug-likeness (QED) is 0.169. The van der Waals surface area contributed by atoms with Crippen molar-refractivity contribution in [3.05, 3.63) is 175 Å². The average Bonchev–Trinajstić information content (AvgIpc) is 3.78. The van der Waals surface area contributed by atoms with Crippen LogP contribution in [-0.4, -0.2) is 6.79 Å². The Bertz CT molecular complexity index is 2870. The van der Waals surface area contributed by atoms with E-state index < -0.39 is 0 Å². The van der Waals surface area contributed by atoms with Gasteiger partial charge in [0.15, 0.2) is 11.5 Å². The smallest absolute Gasteiger partial charge is 0.231 e. The molecule has 9 aromatic carbocycles. The van der Waals surface area contributed by atoms with Gasteiger partial charge in [0.05, 0.1) is 5.69 Å². The van der Waals surface area contributed by atoms with Crippen molar-refractivity contribution < 1.29 is 9.47 Å². The number of benzene rings is 9. The number of fused-ring (bicyclic) bond motifs is 4. The third-order valence-corrected chi connectivity index (χ3v) is 11.6. The molecule has 1 aliphatic carbocycles. The molecule has 1 heterocycles. The van der Waals surface area contributed by atoms with E-state index in [2.05, 4.69) is 176 Å². The molecule has 0 saturated carbocycles. The van der Waals surface area contributed by atoms with Crippen LogP contribution < -0.4 is 14.4 Å². The molecule has 0 N–H and O–H groups in total. The summed E-state index contributed by atoms with van der Waals surface area (Å²) < 4.78 is 12.1. The van der Waals surface area contributed by atoms with Crippen LogP contribution in [0.4, 0.5) is 17.1 Å². The Hall–Kier alpha value is -6.58. The largest absolute Gasteiger partial charge is 0.454 e. The van der Waals surface area contributed by atoms with Crippen molar-refractivity contribution in [2.75, 3.05) is 11.7 Å². The summed E-state index contributed by atoms with van der Waals surface area (Å²) in [5, 5.41) is 7.60. The summed E-state index contributed by atoms with van der Waals surface area (Å²) in [5.74, 6) is 1.59. The maximum atomic E-state index is 6.20. The molecule has 3 nitrogen and oxygen atoms in total. The minimum atomic E-state index is -0.225. The Kier molecular flexibility index (Phi) is 6.36. The predicted molar refractivity (Wildman–Crippen MR) is 219 cm³/mol. The number of para-hydroxylation sites is 1. The third-order valence-electron chi connectivity index (χ3n) is 11.6. The second-order valence-electron chi connectivity index (χ2n) is 14.8. The first-order chi connectivity index (χ1) is 26.0. The molecule has 0 atom stereocenters. The molecule has 53 heavy (non-hydrogen) atoms. The Morgan fingerprint density at radius 2 is 1.17 bits per heavy atom. The van der Waals surface area contributed by atoms with Crippen LogP contribution in [0.15, 0.2) is 164 Å². The second kappa shape index (κ2) is 11.2. The van der Waals surface area contributed by atoms with Gasteiger partial charge in [0, 0.05) is 27.7 Å². The average molecular weight is 682 g/mol. The summed E-state index contributed by atoms with van der Waals surface area (Å²) in [7, 11) is 0. The van der Waals surface area contributed by atoms with Gasteiger partial charge >= 0.3 is 0 Å². The van der Waals surface area contributed by atoms with Crippen molar-refractivity contribution in [1.82, 2.24) is 0 Å². The summed E-state index contributed by atoms with van der Waals surface area (Å²) in [6.07, 6.45) is 0. The number of nitrogens with zero attached hydrogens (tertiary/aromatic N) is 1. The highest BCUT2D eigenvalue weighted by molar-refractivity contribution is 6.25. The molecular weight excluding hydrogens is 647 g/mol. The molecule has 0 radical (unpaired) electrons. The van der Waals surface area contributed by atoms with Gasteiger partial charge in [0.25, 0.3) is 0 Å². The van der Waals surface area contributed by atoms with Crippen LogP contribution in [-0.2, 0) is 5.41 Å². The van der Waals surface area contributed by atoms with E-state index in [4.69, 9.17) is 9.47 Å². The zero-order valence-corrected chi connectivity index (χ0v) is 29.6. The molecule has 1 aliphatic heterocycles. The number of hydrogen-bond acceptors (Lipinski definition) is 3. The third kappa shape index (κ3) is 4.41. The van der Waals surface area contributed by atoms with Gasteiger partial charge in [-0.2, -0.15) is 0 Å². The van der Waals surface area contributed by atoms with E-state index in [9.17, 15) is 0 Å². The topological polar surface area (TPSA) is 21.7 Å². The van der Waals surface area contributed by atoms with E-state index in [0.29, 0.717) is 0 Å². The van der Waals surface area contributed by atoms with Crippen LogP contribution in [0.1, 0.15) is 25.0 Å². The fourth-order valence-electron chi connectivity index (χ4n) is 9.06.